The Morgan fingerprint density at radius 1 is 1.10 bits per heavy atom. The number of aliphatic hydroxyl groups is 1. The van der Waals surface area contributed by atoms with Gasteiger partial charge in [-0.25, -0.2) is 9.69 Å². The third-order valence-corrected chi connectivity index (χ3v) is 7.22. The molecule has 1 aromatic heterocycles. The zero-order valence-electron chi connectivity index (χ0n) is 22.2. The molecule has 1 fully saturated rings. The van der Waals surface area contributed by atoms with Crippen LogP contribution in [0.5, 0.6) is 0 Å². The molecule has 1 N–H and O–H groups in total. The number of amides is 2. The Morgan fingerprint density at radius 3 is 2.48 bits per heavy atom. The highest BCUT2D eigenvalue weighted by Crippen LogP contribution is 2.38. The van der Waals surface area contributed by atoms with Gasteiger partial charge >= 0.3 is 12.1 Å². The van der Waals surface area contributed by atoms with E-state index >= 15 is 0 Å². The Hall–Kier alpha value is -3.47. The third kappa shape index (κ3) is 7.38. The first kappa shape index (κ1) is 29.5. The van der Waals surface area contributed by atoms with Crippen LogP contribution < -0.4 is 0 Å². The van der Waals surface area contributed by atoms with Crippen molar-refractivity contribution in [2.45, 2.75) is 38.3 Å². The summed E-state index contributed by atoms with van der Waals surface area (Å²) in [6, 6.07) is 19.6. The first-order valence-corrected chi connectivity index (χ1v) is 13.9. The van der Waals surface area contributed by atoms with Crippen LogP contribution in [0.1, 0.15) is 48.1 Å². The van der Waals surface area contributed by atoms with Crippen LogP contribution in [-0.4, -0.2) is 54.4 Å². The van der Waals surface area contributed by atoms with Crippen LogP contribution in [0.15, 0.2) is 75.6 Å². The average molecular weight is 614 g/mol. The topological polar surface area (TPSA) is 116 Å². The van der Waals surface area contributed by atoms with Gasteiger partial charge in [-0.2, -0.15) is 0 Å². The second kappa shape index (κ2) is 14.2. The van der Waals surface area contributed by atoms with E-state index in [9.17, 15) is 14.4 Å². The van der Waals surface area contributed by atoms with Crippen LogP contribution in [0.3, 0.4) is 0 Å². The molecular formula is C30H32BrNO8. The van der Waals surface area contributed by atoms with Crippen molar-refractivity contribution >= 4 is 33.9 Å². The van der Waals surface area contributed by atoms with Gasteiger partial charge in [-0.1, -0.05) is 60.7 Å². The SMILES string of the molecule is CC(=O)O[C@@H](c1cc(Br)c(CCCOCCO)o1)[C@@H](Cc1ccccc1)C(=O)N1C(=O)OC[C@H]1c1ccccc1. The molecule has 0 unspecified atom stereocenters. The normalized spacial score (nSPS) is 16.4. The molecule has 0 radical (unpaired) electrons. The number of carbonyl (C=O) groups is 3. The lowest BCUT2D eigenvalue weighted by Crippen LogP contribution is -2.42. The molecule has 212 valence electrons. The van der Waals surface area contributed by atoms with Gasteiger partial charge in [0.2, 0.25) is 5.91 Å². The molecule has 0 bridgehead atoms. The van der Waals surface area contributed by atoms with Gasteiger partial charge in [0.15, 0.2) is 6.10 Å². The molecule has 3 aromatic rings. The Labute approximate surface area is 241 Å². The molecule has 40 heavy (non-hydrogen) atoms. The van der Waals surface area contributed by atoms with E-state index in [1.54, 1.807) is 6.07 Å². The molecule has 2 amide bonds. The number of aryl methyl sites for hydroxylation is 1. The van der Waals surface area contributed by atoms with Gasteiger partial charge in [0.1, 0.15) is 24.2 Å². The van der Waals surface area contributed by atoms with Crippen molar-refractivity contribution < 1.29 is 38.1 Å². The van der Waals surface area contributed by atoms with Gasteiger partial charge in [-0.3, -0.25) is 9.59 Å². The zero-order valence-corrected chi connectivity index (χ0v) is 23.7. The highest BCUT2D eigenvalue weighted by Gasteiger charge is 2.46. The number of esters is 1. The van der Waals surface area contributed by atoms with Crippen molar-refractivity contribution in [2.24, 2.45) is 5.92 Å². The summed E-state index contributed by atoms with van der Waals surface area (Å²) < 4.78 is 23.2. The van der Waals surface area contributed by atoms with E-state index in [1.165, 1.54) is 6.92 Å². The van der Waals surface area contributed by atoms with Crippen LogP contribution in [0, 0.1) is 5.92 Å². The number of benzene rings is 2. The van der Waals surface area contributed by atoms with E-state index in [1.807, 2.05) is 60.7 Å². The quantitative estimate of drug-likeness (QED) is 0.207. The van der Waals surface area contributed by atoms with Crippen molar-refractivity contribution in [2.75, 3.05) is 26.4 Å². The largest absolute Gasteiger partial charge is 0.461 e. The van der Waals surface area contributed by atoms with E-state index in [0.717, 1.165) is 16.0 Å². The van der Waals surface area contributed by atoms with Gasteiger partial charge in [-0.15, -0.1) is 0 Å². The molecule has 2 heterocycles. The maximum absolute atomic E-state index is 14.2. The van der Waals surface area contributed by atoms with E-state index in [-0.39, 0.29) is 32.0 Å². The fraction of sp³-hybridized carbons (Fsp3) is 0.367. The Bertz CT molecular complexity index is 1280. The second-order valence-electron chi connectivity index (χ2n) is 9.40. The number of aliphatic hydroxyl groups excluding tert-OH is 1. The number of hydrogen-bond donors (Lipinski definition) is 1. The lowest BCUT2D eigenvalue weighted by molar-refractivity contribution is -0.155. The lowest BCUT2D eigenvalue weighted by atomic mass is 9.90. The molecule has 3 atom stereocenters. The number of ether oxygens (including phenoxy) is 3. The van der Waals surface area contributed by atoms with E-state index < -0.39 is 36.0 Å². The summed E-state index contributed by atoms with van der Waals surface area (Å²) in [5, 5.41) is 8.89. The number of carbonyl (C=O) groups excluding carboxylic acids is 3. The van der Waals surface area contributed by atoms with Crippen LogP contribution in [0.2, 0.25) is 0 Å². The first-order valence-electron chi connectivity index (χ1n) is 13.1. The fourth-order valence-electron chi connectivity index (χ4n) is 4.71. The summed E-state index contributed by atoms with van der Waals surface area (Å²) in [5.41, 5.74) is 1.59. The number of nitrogens with zero attached hydrogens (tertiary/aromatic N) is 1. The van der Waals surface area contributed by atoms with Gasteiger partial charge in [0.25, 0.3) is 0 Å². The van der Waals surface area contributed by atoms with Crippen LogP contribution in [-0.2, 0) is 36.6 Å². The second-order valence-corrected chi connectivity index (χ2v) is 10.3. The maximum atomic E-state index is 14.2. The summed E-state index contributed by atoms with van der Waals surface area (Å²) >= 11 is 3.52. The average Bonchev–Trinajstić information content (AvgIpc) is 3.53. The van der Waals surface area contributed by atoms with Crippen molar-refractivity contribution in [3.8, 4) is 0 Å². The molecule has 9 nitrogen and oxygen atoms in total. The molecular weight excluding hydrogens is 582 g/mol. The first-order chi connectivity index (χ1) is 19.4. The molecule has 0 spiro atoms. The van der Waals surface area contributed by atoms with Crippen molar-refractivity contribution in [3.63, 3.8) is 0 Å². The van der Waals surface area contributed by atoms with Gasteiger partial charge in [0.05, 0.1) is 23.6 Å². The highest BCUT2D eigenvalue weighted by atomic mass is 79.9. The fourth-order valence-corrected chi connectivity index (χ4v) is 5.22. The van der Waals surface area contributed by atoms with E-state index in [4.69, 9.17) is 23.7 Å². The summed E-state index contributed by atoms with van der Waals surface area (Å²) in [6.45, 7) is 1.94. The molecule has 10 heteroatoms. The number of halogens is 1. The Morgan fingerprint density at radius 2 is 1.80 bits per heavy atom. The monoisotopic (exact) mass is 613 g/mol. The number of imide groups is 1. The lowest BCUT2D eigenvalue weighted by Gasteiger charge is -2.29. The predicted octanol–water partition coefficient (Wildman–Crippen LogP) is 5.17. The molecule has 1 saturated heterocycles. The summed E-state index contributed by atoms with van der Waals surface area (Å²) in [6.07, 6.45) is -0.515. The molecule has 1 aliphatic rings. The van der Waals surface area contributed by atoms with Crippen LogP contribution in [0.4, 0.5) is 4.79 Å². The molecule has 0 aliphatic carbocycles. The van der Waals surface area contributed by atoms with Crippen molar-refractivity contribution in [1.82, 2.24) is 4.90 Å². The molecule has 2 aromatic carbocycles. The maximum Gasteiger partial charge on any atom is 0.417 e. The van der Waals surface area contributed by atoms with Crippen molar-refractivity contribution in [1.29, 1.82) is 0 Å². The standard InChI is InChI=1S/C30H32BrNO8/c1-20(34)39-28(27-18-24(31)26(40-27)13-8-15-37-16-14-33)23(17-21-9-4-2-5-10-21)29(35)32-25(19-38-30(32)36)22-11-6-3-7-12-22/h2-7,9-12,18,23,25,28,33H,8,13-17,19H2,1H3/t23-,25+,28-/m1/s1. The Balaban J connectivity index is 1.68. The summed E-state index contributed by atoms with van der Waals surface area (Å²) in [7, 11) is 0. The number of rotatable bonds is 13. The van der Waals surface area contributed by atoms with Gasteiger partial charge in [-0.05, 0) is 46.0 Å². The Kier molecular flexibility index (Phi) is 10.5. The molecule has 1 aliphatic heterocycles. The zero-order chi connectivity index (χ0) is 28.5. The third-order valence-electron chi connectivity index (χ3n) is 6.55. The number of hydrogen-bond acceptors (Lipinski definition) is 8. The van der Waals surface area contributed by atoms with Crippen LogP contribution in [0.25, 0.3) is 0 Å². The minimum absolute atomic E-state index is 0.0275. The summed E-state index contributed by atoms with van der Waals surface area (Å²) in [4.78, 5) is 40.6. The van der Waals surface area contributed by atoms with Crippen molar-refractivity contribution in [3.05, 3.63) is 93.9 Å². The van der Waals surface area contributed by atoms with Gasteiger partial charge in [0, 0.05) is 20.0 Å². The predicted molar refractivity (Wildman–Crippen MR) is 148 cm³/mol. The minimum Gasteiger partial charge on any atom is -0.461 e. The molecule has 4 rings (SSSR count). The van der Waals surface area contributed by atoms with Gasteiger partial charge < -0.3 is 23.7 Å². The smallest absolute Gasteiger partial charge is 0.417 e. The van der Waals surface area contributed by atoms with E-state index in [2.05, 4.69) is 15.9 Å². The number of cyclic esters (lactones) is 1. The molecule has 0 saturated carbocycles. The van der Waals surface area contributed by atoms with E-state index in [0.29, 0.717) is 29.7 Å². The van der Waals surface area contributed by atoms with Crippen LogP contribution >= 0.6 is 15.9 Å². The highest BCUT2D eigenvalue weighted by molar-refractivity contribution is 9.10. The number of furan rings is 1. The summed E-state index contributed by atoms with van der Waals surface area (Å²) in [5.74, 6) is -1.22. The minimum atomic E-state index is -1.11.